The van der Waals surface area contributed by atoms with Gasteiger partial charge in [0.2, 0.25) is 5.91 Å². The maximum absolute atomic E-state index is 13.2. The van der Waals surface area contributed by atoms with E-state index in [-0.39, 0.29) is 29.8 Å². The molecule has 174 valence electrons. The third kappa shape index (κ3) is 3.65. The number of carbonyl (C=O) groups is 1. The van der Waals surface area contributed by atoms with Crippen molar-refractivity contribution in [3.63, 3.8) is 0 Å². The second kappa shape index (κ2) is 8.49. The first-order chi connectivity index (χ1) is 15.3. The molecular formula is C25H34N2O3S2. The number of hydrogen-bond donors (Lipinski definition) is 3. The third-order valence-corrected chi connectivity index (χ3v) is 10.6. The van der Waals surface area contributed by atoms with E-state index in [2.05, 4.69) is 29.1 Å². The molecular weight excluding hydrogens is 440 g/mol. The highest BCUT2D eigenvalue weighted by molar-refractivity contribution is 7.15. The van der Waals surface area contributed by atoms with Crippen LogP contribution in [0.3, 0.4) is 0 Å². The molecule has 7 heteroatoms. The number of aromatic nitrogens is 1. The Morgan fingerprint density at radius 1 is 1.28 bits per heavy atom. The quantitative estimate of drug-likeness (QED) is 0.585. The molecule has 2 heterocycles. The van der Waals surface area contributed by atoms with Crippen molar-refractivity contribution < 1.29 is 15.0 Å². The lowest BCUT2D eigenvalue weighted by molar-refractivity contribution is -0.144. The van der Waals surface area contributed by atoms with E-state index in [1.54, 1.807) is 22.7 Å². The Bertz CT molecular complexity index is 968. The molecule has 32 heavy (non-hydrogen) atoms. The van der Waals surface area contributed by atoms with Crippen LogP contribution in [0, 0.1) is 16.7 Å². The molecule has 3 aliphatic rings. The van der Waals surface area contributed by atoms with Gasteiger partial charge in [0, 0.05) is 39.6 Å². The van der Waals surface area contributed by atoms with Gasteiger partial charge in [0.25, 0.3) is 0 Å². The summed E-state index contributed by atoms with van der Waals surface area (Å²) in [5, 5.41) is 29.8. The van der Waals surface area contributed by atoms with Crippen molar-refractivity contribution in [1.82, 2.24) is 10.3 Å². The number of carbonyl (C=O) groups excluding carboxylic acids is 1. The van der Waals surface area contributed by atoms with Gasteiger partial charge in [-0.25, -0.2) is 4.98 Å². The molecule has 5 unspecified atom stereocenters. The van der Waals surface area contributed by atoms with Crippen LogP contribution < -0.4 is 5.32 Å². The van der Waals surface area contributed by atoms with Crippen molar-refractivity contribution in [2.75, 3.05) is 6.61 Å². The maximum atomic E-state index is 13.2. The van der Waals surface area contributed by atoms with Gasteiger partial charge in [-0.2, -0.15) is 11.3 Å². The van der Waals surface area contributed by atoms with Gasteiger partial charge in [0.1, 0.15) is 5.01 Å². The van der Waals surface area contributed by atoms with Gasteiger partial charge in [0.05, 0.1) is 18.4 Å². The molecule has 0 radical (unpaired) electrons. The zero-order valence-electron chi connectivity index (χ0n) is 19.0. The number of aliphatic hydroxyl groups is 2. The molecule has 3 N–H and O–H groups in total. The van der Waals surface area contributed by atoms with Crippen LogP contribution in [0.5, 0.6) is 0 Å². The summed E-state index contributed by atoms with van der Waals surface area (Å²) in [6.07, 6.45) is 6.77. The van der Waals surface area contributed by atoms with E-state index < -0.39 is 11.5 Å². The Labute approximate surface area is 198 Å². The highest BCUT2D eigenvalue weighted by atomic mass is 32.1. The predicted octanol–water partition coefficient (Wildman–Crippen LogP) is 4.74. The number of nitrogens with zero attached hydrogens (tertiary/aromatic N) is 1. The van der Waals surface area contributed by atoms with E-state index in [1.165, 1.54) is 17.7 Å². The number of aliphatic hydroxyl groups excluding tert-OH is 2. The summed E-state index contributed by atoms with van der Waals surface area (Å²) < 4.78 is 0. The Hall–Kier alpha value is -1.28. The van der Waals surface area contributed by atoms with Crippen LogP contribution in [0.25, 0.3) is 10.6 Å². The predicted molar refractivity (Wildman–Crippen MR) is 129 cm³/mol. The summed E-state index contributed by atoms with van der Waals surface area (Å²) in [4.78, 5) is 19.5. The third-order valence-electron chi connectivity index (χ3n) is 8.77. The lowest BCUT2D eigenvalue weighted by atomic mass is 9.47. The molecule has 5 nitrogen and oxygen atoms in total. The molecule has 2 saturated carbocycles. The number of amides is 1. The monoisotopic (exact) mass is 474 g/mol. The fraction of sp³-hybridized carbons (Fsp3) is 0.680. The van der Waals surface area contributed by atoms with E-state index >= 15 is 0 Å². The lowest BCUT2D eigenvalue weighted by Crippen LogP contribution is -2.57. The first-order valence-corrected chi connectivity index (χ1v) is 13.7. The average Bonchev–Trinajstić information content (AvgIpc) is 3.53. The molecule has 3 aliphatic carbocycles. The van der Waals surface area contributed by atoms with Crippen LogP contribution in [0.15, 0.2) is 16.8 Å². The van der Waals surface area contributed by atoms with Crippen molar-refractivity contribution in [2.45, 2.75) is 83.3 Å². The van der Waals surface area contributed by atoms with Crippen LogP contribution in [0.4, 0.5) is 0 Å². The fourth-order valence-corrected chi connectivity index (χ4v) is 8.58. The van der Waals surface area contributed by atoms with Crippen LogP contribution in [0.1, 0.15) is 75.3 Å². The molecule has 2 aromatic heterocycles. The summed E-state index contributed by atoms with van der Waals surface area (Å²) >= 11 is 3.39. The van der Waals surface area contributed by atoms with Crippen molar-refractivity contribution in [3.8, 4) is 10.6 Å². The number of hydrogen-bond acceptors (Lipinski definition) is 6. The number of fused-ring (bicyclic) bond motifs is 2. The van der Waals surface area contributed by atoms with Crippen molar-refractivity contribution in [2.24, 2.45) is 16.7 Å². The molecule has 5 rings (SSSR count). The molecule has 2 aromatic rings. The Balaban J connectivity index is 1.53. The van der Waals surface area contributed by atoms with Crippen molar-refractivity contribution in [3.05, 3.63) is 27.4 Å². The van der Waals surface area contributed by atoms with Crippen LogP contribution >= 0.6 is 22.7 Å². The minimum atomic E-state index is -0.572. The topological polar surface area (TPSA) is 82.5 Å². The molecule has 0 bridgehead atoms. The van der Waals surface area contributed by atoms with Crippen LogP contribution in [0.2, 0.25) is 0 Å². The van der Waals surface area contributed by atoms with Crippen LogP contribution in [-0.4, -0.2) is 39.9 Å². The van der Waals surface area contributed by atoms with E-state index in [4.69, 9.17) is 4.98 Å². The van der Waals surface area contributed by atoms with Crippen molar-refractivity contribution >= 4 is 28.6 Å². The van der Waals surface area contributed by atoms with Gasteiger partial charge in [-0.05, 0) is 54.9 Å². The van der Waals surface area contributed by atoms with Gasteiger partial charge in [-0.15, -0.1) is 11.3 Å². The van der Waals surface area contributed by atoms with E-state index in [9.17, 15) is 15.0 Å². The van der Waals surface area contributed by atoms with Crippen LogP contribution in [-0.2, 0) is 11.2 Å². The smallest absolute Gasteiger partial charge is 0.220 e. The van der Waals surface area contributed by atoms with Gasteiger partial charge in [-0.3, -0.25) is 4.79 Å². The fourth-order valence-electron chi connectivity index (χ4n) is 6.70. The molecule has 0 aromatic carbocycles. The standard InChI is InChI=1S/C25H34N2O3S2/c1-24-9-7-20(29)25(2,14-28)19(24)12-18-22(27-23(32-18)15-8-10-31-13-15)17(24)11-21(30)26-16-5-3-4-6-16/h8,10,13,16-17,19-20,28-29H,3-7,9,11-12,14H2,1-2H3,(H,26,30). The molecule has 1 amide bonds. The molecule has 0 spiro atoms. The van der Waals surface area contributed by atoms with E-state index in [0.717, 1.165) is 41.9 Å². The number of thiazole rings is 1. The number of nitrogens with one attached hydrogen (secondary N) is 1. The molecule has 5 atom stereocenters. The summed E-state index contributed by atoms with van der Waals surface area (Å²) in [6.45, 7) is 4.26. The van der Waals surface area contributed by atoms with Gasteiger partial charge in [-0.1, -0.05) is 26.7 Å². The second-order valence-electron chi connectivity index (χ2n) is 10.6. The summed E-state index contributed by atoms with van der Waals surface area (Å²) in [7, 11) is 0. The second-order valence-corrected chi connectivity index (χ2v) is 12.5. The largest absolute Gasteiger partial charge is 0.396 e. The normalized spacial score (nSPS) is 34.8. The SMILES string of the molecule is CC1(CO)C(O)CCC2(C)C(CC(=O)NC3CCCC3)c3nc(-c4ccsc4)sc3CC12. The first kappa shape index (κ1) is 22.5. The zero-order chi connectivity index (χ0) is 22.5. The average molecular weight is 475 g/mol. The van der Waals surface area contributed by atoms with Gasteiger partial charge in [0.15, 0.2) is 0 Å². The lowest BCUT2D eigenvalue weighted by Gasteiger charge is -2.58. The first-order valence-electron chi connectivity index (χ1n) is 12.0. The van der Waals surface area contributed by atoms with Crippen molar-refractivity contribution in [1.29, 1.82) is 0 Å². The molecule has 2 fully saturated rings. The molecule has 0 aliphatic heterocycles. The summed E-state index contributed by atoms with van der Waals surface area (Å²) in [5.74, 6) is 0.229. The Kier molecular flexibility index (Phi) is 5.98. The summed E-state index contributed by atoms with van der Waals surface area (Å²) in [5.41, 5.74) is 1.46. The van der Waals surface area contributed by atoms with E-state index in [0.29, 0.717) is 18.9 Å². The number of rotatable bonds is 5. The molecule has 0 saturated heterocycles. The Morgan fingerprint density at radius 2 is 2.06 bits per heavy atom. The highest BCUT2D eigenvalue weighted by Gasteiger charge is 2.59. The minimum absolute atomic E-state index is 0.000311. The number of thiophene rings is 1. The highest BCUT2D eigenvalue weighted by Crippen LogP contribution is 2.63. The Morgan fingerprint density at radius 3 is 2.75 bits per heavy atom. The maximum Gasteiger partial charge on any atom is 0.220 e. The van der Waals surface area contributed by atoms with Gasteiger partial charge >= 0.3 is 0 Å². The van der Waals surface area contributed by atoms with Gasteiger partial charge < -0.3 is 15.5 Å². The summed E-state index contributed by atoms with van der Waals surface area (Å²) in [6, 6.07) is 2.41. The zero-order valence-corrected chi connectivity index (χ0v) is 20.6. The van der Waals surface area contributed by atoms with E-state index in [1.807, 2.05) is 6.92 Å². The minimum Gasteiger partial charge on any atom is -0.396 e.